The molecule has 0 rings (SSSR count). The van der Waals surface area contributed by atoms with Gasteiger partial charge in [0.25, 0.3) is 0 Å². The van der Waals surface area contributed by atoms with Crippen LogP contribution in [-0.2, 0) is 65.4 Å². The van der Waals surface area contributed by atoms with Crippen LogP contribution >= 0.6 is 15.6 Å². The number of phosphoric acid groups is 2. The summed E-state index contributed by atoms with van der Waals surface area (Å²) in [5.74, 6) is -0.547. The Bertz CT molecular complexity index is 1980. The lowest BCUT2D eigenvalue weighted by Crippen LogP contribution is -2.30. The maximum atomic E-state index is 13.1. The van der Waals surface area contributed by atoms with Crippen molar-refractivity contribution >= 4 is 39.5 Å². The van der Waals surface area contributed by atoms with Gasteiger partial charge in [-0.05, 0) is 37.5 Å². The fourth-order valence-corrected chi connectivity index (χ4v) is 14.6. The van der Waals surface area contributed by atoms with Crippen LogP contribution in [-0.4, -0.2) is 96.7 Å². The highest BCUT2D eigenvalue weighted by Crippen LogP contribution is 2.45. The van der Waals surface area contributed by atoms with Gasteiger partial charge in [-0.1, -0.05) is 395 Å². The SMILES string of the molecule is CCCCCCCCCCCCCCCCCCCCCCCC(=O)O[C@H](COC(=O)CCCCCCCCCCCCCCCCCC(C)C)COP(=O)(O)OC[C@@H](O)COP(=O)(O)OC[C@@H](COC(=O)CCCCCCCCCCCCC)OC(=O)CCCCCCCCCCCCC(C)C. The van der Waals surface area contributed by atoms with E-state index in [1.165, 1.54) is 263 Å². The van der Waals surface area contributed by atoms with Crippen LogP contribution in [0, 0.1) is 11.8 Å². The molecule has 17 nitrogen and oxygen atoms in total. The first kappa shape index (κ1) is 101. The van der Waals surface area contributed by atoms with Crippen molar-refractivity contribution in [3.8, 4) is 0 Å². The fourth-order valence-electron chi connectivity index (χ4n) is 13.1. The molecule has 0 radical (unpaired) electrons. The minimum Gasteiger partial charge on any atom is -0.462 e. The van der Waals surface area contributed by atoms with Crippen molar-refractivity contribution in [3.63, 3.8) is 0 Å². The monoisotopic (exact) mass is 1510 g/mol. The van der Waals surface area contributed by atoms with Crippen molar-refractivity contribution in [2.45, 2.75) is 464 Å². The Morgan fingerprint density at radius 1 is 0.262 bits per heavy atom. The minimum absolute atomic E-state index is 0.106. The Balaban J connectivity index is 5.23. The summed E-state index contributed by atoms with van der Waals surface area (Å²) in [5.41, 5.74) is 0. The first-order chi connectivity index (χ1) is 49.9. The van der Waals surface area contributed by atoms with Crippen LogP contribution in [0.3, 0.4) is 0 Å². The van der Waals surface area contributed by atoms with Gasteiger partial charge in [-0.2, -0.15) is 0 Å². The van der Waals surface area contributed by atoms with E-state index in [2.05, 4.69) is 41.5 Å². The molecule has 0 amide bonds. The molecule has 2 unspecified atom stereocenters. The summed E-state index contributed by atoms with van der Waals surface area (Å²) >= 11 is 0. The molecule has 3 N–H and O–H groups in total. The number of aliphatic hydroxyl groups is 1. The number of rotatable bonds is 83. The van der Waals surface area contributed by atoms with E-state index in [-0.39, 0.29) is 25.7 Å². The normalized spacial score (nSPS) is 13.9. The lowest BCUT2D eigenvalue weighted by molar-refractivity contribution is -0.161. The van der Waals surface area contributed by atoms with Crippen LogP contribution in [0.2, 0.25) is 0 Å². The van der Waals surface area contributed by atoms with Crippen LogP contribution in [0.15, 0.2) is 0 Å². The molecule has 0 saturated heterocycles. The first-order valence-corrected chi connectivity index (χ1v) is 46.5. The number of hydrogen-bond donors (Lipinski definition) is 3. The molecule has 0 aliphatic heterocycles. The van der Waals surface area contributed by atoms with Crippen molar-refractivity contribution in [1.82, 2.24) is 0 Å². The molecule has 0 spiro atoms. The van der Waals surface area contributed by atoms with Crippen LogP contribution < -0.4 is 0 Å². The molecule has 0 aromatic carbocycles. The molecular formula is C84H164O17P2. The largest absolute Gasteiger partial charge is 0.472 e. The molecule has 5 atom stereocenters. The Labute approximate surface area is 632 Å². The van der Waals surface area contributed by atoms with Gasteiger partial charge in [0.05, 0.1) is 26.4 Å². The van der Waals surface area contributed by atoms with E-state index < -0.39 is 97.5 Å². The van der Waals surface area contributed by atoms with Crippen molar-refractivity contribution in [2.75, 3.05) is 39.6 Å². The van der Waals surface area contributed by atoms with Gasteiger partial charge in [-0.15, -0.1) is 0 Å². The molecule has 0 saturated carbocycles. The number of carbonyl (C=O) groups excluding carboxylic acids is 4. The Morgan fingerprint density at radius 2 is 0.447 bits per heavy atom. The second-order valence-electron chi connectivity index (χ2n) is 31.2. The van der Waals surface area contributed by atoms with Gasteiger partial charge >= 0.3 is 39.5 Å². The van der Waals surface area contributed by atoms with Crippen molar-refractivity contribution in [3.05, 3.63) is 0 Å². The number of unbranched alkanes of at least 4 members (excludes halogenated alkanes) is 53. The second-order valence-corrected chi connectivity index (χ2v) is 34.1. The van der Waals surface area contributed by atoms with Crippen LogP contribution in [0.25, 0.3) is 0 Å². The third-order valence-electron chi connectivity index (χ3n) is 19.7. The van der Waals surface area contributed by atoms with Gasteiger partial charge in [0, 0.05) is 25.7 Å². The predicted octanol–water partition coefficient (Wildman–Crippen LogP) is 25.5. The fraction of sp³-hybridized carbons (Fsp3) is 0.952. The maximum Gasteiger partial charge on any atom is 0.472 e. The third-order valence-corrected chi connectivity index (χ3v) is 21.6. The summed E-state index contributed by atoms with van der Waals surface area (Å²) < 4.78 is 68.8. The van der Waals surface area contributed by atoms with E-state index in [0.29, 0.717) is 25.7 Å². The van der Waals surface area contributed by atoms with Gasteiger partial charge in [0.15, 0.2) is 12.2 Å². The van der Waals surface area contributed by atoms with E-state index in [1.807, 2.05) is 0 Å². The third kappa shape index (κ3) is 78.0. The minimum atomic E-state index is -4.96. The zero-order valence-corrected chi connectivity index (χ0v) is 69.4. The summed E-state index contributed by atoms with van der Waals surface area (Å²) in [6.45, 7) is 9.67. The van der Waals surface area contributed by atoms with Gasteiger partial charge in [-0.3, -0.25) is 37.3 Å². The van der Waals surface area contributed by atoms with Crippen LogP contribution in [0.1, 0.15) is 446 Å². The number of esters is 4. The molecular weight excluding hydrogens is 1340 g/mol. The molecule has 0 bridgehead atoms. The zero-order valence-electron chi connectivity index (χ0n) is 67.6. The topological polar surface area (TPSA) is 237 Å². The van der Waals surface area contributed by atoms with E-state index in [0.717, 1.165) is 102 Å². The predicted molar refractivity (Wildman–Crippen MR) is 423 cm³/mol. The summed E-state index contributed by atoms with van der Waals surface area (Å²) in [6.07, 6.45) is 66.7. The van der Waals surface area contributed by atoms with E-state index in [9.17, 15) is 43.2 Å². The highest BCUT2D eigenvalue weighted by Gasteiger charge is 2.30. The standard InChI is InChI=1S/C84H164O17P2/c1-7-9-11-13-15-17-19-20-21-22-23-24-25-26-29-33-37-44-50-56-62-68-83(88)100-79(73-95-82(87)67-61-55-49-43-36-32-30-27-28-31-35-40-46-52-58-64-76(3)4)74-98-102(90,91)96-70-78(85)71-97-103(92,93)99-75-80(72-94-81(86)66-60-54-48-42-34-18-16-14-12-10-8-2)101-84(89)69-63-57-51-45-39-38-41-47-53-59-65-77(5)6/h76-80,85H,7-75H2,1-6H3,(H,90,91)(H,92,93)/t78-,79-,80-/m1/s1. The van der Waals surface area contributed by atoms with E-state index >= 15 is 0 Å². The van der Waals surface area contributed by atoms with Gasteiger partial charge < -0.3 is 33.8 Å². The first-order valence-electron chi connectivity index (χ1n) is 43.5. The van der Waals surface area contributed by atoms with Gasteiger partial charge in [-0.25, -0.2) is 9.13 Å². The van der Waals surface area contributed by atoms with Crippen molar-refractivity contribution in [1.29, 1.82) is 0 Å². The Hall–Kier alpha value is -1.94. The zero-order chi connectivity index (χ0) is 75.6. The Kier molecular flexibility index (Phi) is 74.1. The molecule has 0 heterocycles. The smallest absolute Gasteiger partial charge is 0.462 e. The highest BCUT2D eigenvalue weighted by molar-refractivity contribution is 7.47. The number of ether oxygens (including phenoxy) is 4. The molecule has 612 valence electrons. The average molecular weight is 1510 g/mol. The molecule has 19 heteroatoms. The molecule has 0 aliphatic carbocycles. The molecule has 0 fully saturated rings. The lowest BCUT2D eigenvalue weighted by atomic mass is 10.0. The van der Waals surface area contributed by atoms with Gasteiger partial charge in [0.2, 0.25) is 0 Å². The van der Waals surface area contributed by atoms with Crippen molar-refractivity contribution < 1.29 is 80.2 Å². The quantitative estimate of drug-likeness (QED) is 0.0222. The highest BCUT2D eigenvalue weighted by atomic mass is 31.2. The van der Waals surface area contributed by atoms with Crippen LogP contribution in [0.5, 0.6) is 0 Å². The molecule has 103 heavy (non-hydrogen) atoms. The van der Waals surface area contributed by atoms with Crippen LogP contribution in [0.4, 0.5) is 0 Å². The number of aliphatic hydroxyl groups excluding tert-OH is 1. The Morgan fingerprint density at radius 3 is 0.660 bits per heavy atom. The molecule has 0 aromatic heterocycles. The van der Waals surface area contributed by atoms with E-state index in [4.69, 9.17) is 37.0 Å². The number of phosphoric ester groups is 2. The number of hydrogen-bond acceptors (Lipinski definition) is 15. The molecule has 0 aromatic rings. The summed E-state index contributed by atoms with van der Waals surface area (Å²) in [7, 11) is -9.92. The number of carbonyl (C=O) groups is 4. The average Bonchev–Trinajstić information content (AvgIpc) is 0.920. The second kappa shape index (κ2) is 75.5. The van der Waals surface area contributed by atoms with E-state index in [1.54, 1.807) is 0 Å². The summed E-state index contributed by atoms with van der Waals surface area (Å²) in [5, 5.41) is 10.7. The maximum absolute atomic E-state index is 13.1. The lowest BCUT2D eigenvalue weighted by Gasteiger charge is -2.21. The summed E-state index contributed by atoms with van der Waals surface area (Å²) in [4.78, 5) is 73.1. The summed E-state index contributed by atoms with van der Waals surface area (Å²) in [6, 6.07) is 0. The van der Waals surface area contributed by atoms with Gasteiger partial charge in [0.1, 0.15) is 19.3 Å². The molecule has 0 aliphatic rings. The van der Waals surface area contributed by atoms with Crippen molar-refractivity contribution in [2.24, 2.45) is 11.8 Å².